The molecular weight excluding hydrogens is 270 g/mol. The Balaban J connectivity index is 2.11. The average molecular weight is 282 g/mol. The van der Waals surface area contributed by atoms with E-state index in [0.29, 0.717) is 16.6 Å². The van der Waals surface area contributed by atoms with Crippen LogP contribution in [0.4, 0.5) is 5.69 Å². The molecule has 1 heterocycles. The number of hydrogen-bond acceptors (Lipinski definition) is 4. The number of thiazole rings is 1. The van der Waals surface area contributed by atoms with Gasteiger partial charge in [0.05, 0.1) is 12.1 Å². The molecule has 1 amide bonds. The third kappa shape index (κ3) is 3.00. The lowest BCUT2D eigenvalue weighted by atomic mass is 10.1. The smallest absolute Gasteiger partial charge is 0.253 e. The van der Waals surface area contributed by atoms with E-state index in [0.717, 1.165) is 10.6 Å². The third-order valence-electron chi connectivity index (χ3n) is 2.38. The summed E-state index contributed by atoms with van der Waals surface area (Å²) in [6.07, 6.45) is 1.72. The first-order chi connectivity index (χ1) is 8.70. The lowest BCUT2D eigenvalue weighted by molar-refractivity contribution is 0.0964. The fourth-order valence-electron chi connectivity index (χ4n) is 1.52. The lowest BCUT2D eigenvalue weighted by Gasteiger charge is -2.09. The van der Waals surface area contributed by atoms with E-state index >= 15 is 0 Å². The van der Waals surface area contributed by atoms with Crippen molar-refractivity contribution >= 4 is 34.5 Å². The summed E-state index contributed by atoms with van der Waals surface area (Å²) < 4.78 is 0.520. The van der Waals surface area contributed by atoms with Gasteiger partial charge in [0.1, 0.15) is 0 Å². The summed E-state index contributed by atoms with van der Waals surface area (Å²) in [5.74, 6) is -0.111. The zero-order valence-electron chi connectivity index (χ0n) is 9.74. The monoisotopic (exact) mass is 281 g/mol. The number of nitrogens with zero attached hydrogens (tertiary/aromatic N) is 1. The van der Waals surface area contributed by atoms with E-state index in [4.69, 9.17) is 11.6 Å². The molecule has 2 rings (SSSR count). The second kappa shape index (κ2) is 5.84. The number of halogens is 1. The molecule has 0 unspecified atom stereocenters. The second-order valence-corrected chi connectivity index (χ2v) is 5.26. The van der Waals surface area contributed by atoms with Gasteiger partial charge >= 0.3 is 0 Å². The molecule has 1 aromatic heterocycles. The highest BCUT2D eigenvalue weighted by molar-refractivity contribution is 7.15. The Bertz CT molecular complexity index is 556. The third-order valence-corrected chi connectivity index (χ3v) is 3.49. The number of carbonyl (C=O) groups is 1. The molecule has 94 valence electrons. The van der Waals surface area contributed by atoms with Crippen LogP contribution in [0.2, 0.25) is 4.47 Å². The Morgan fingerprint density at radius 1 is 1.44 bits per heavy atom. The molecule has 0 radical (unpaired) electrons. The molecule has 0 aliphatic carbocycles. The van der Waals surface area contributed by atoms with Gasteiger partial charge in [0.2, 0.25) is 0 Å². The zero-order chi connectivity index (χ0) is 13.0. The Hall–Kier alpha value is -1.59. The first kappa shape index (κ1) is 12.9. The van der Waals surface area contributed by atoms with Crippen molar-refractivity contribution < 1.29 is 4.79 Å². The minimum atomic E-state index is -0.111. The molecule has 0 spiro atoms. The summed E-state index contributed by atoms with van der Waals surface area (Å²) in [5.41, 5.74) is 1.41. The van der Waals surface area contributed by atoms with E-state index in [9.17, 15) is 4.79 Å². The molecular formula is C12H12ClN3OS. The molecule has 0 saturated heterocycles. The fraction of sp³-hybridized carbons (Fsp3) is 0.167. The minimum absolute atomic E-state index is 0.111. The van der Waals surface area contributed by atoms with Crippen LogP contribution in [0.3, 0.4) is 0 Å². The summed E-state index contributed by atoms with van der Waals surface area (Å²) in [7, 11) is 1.61. The number of hydrogen-bond donors (Lipinski definition) is 2. The summed E-state index contributed by atoms with van der Waals surface area (Å²) in [6, 6.07) is 7.36. The van der Waals surface area contributed by atoms with E-state index in [-0.39, 0.29) is 5.91 Å². The number of carbonyl (C=O) groups excluding carboxylic acids is 1. The van der Waals surface area contributed by atoms with Crippen molar-refractivity contribution in [2.24, 2.45) is 0 Å². The van der Waals surface area contributed by atoms with Crippen LogP contribution in [-0.4, -0.2) is 17.9 Å². The summed E-state index contributed by atoms with van der Waals surface area (Å²) in [6.45, 7) is 0.596. The number of anilines is 1. The Labute approximate surface area is 114 Å². The molecule has 2 aromatic rings. The van der Waals surface area contributed by atoms with Gasteiger partial charge in [0, 0.05) is 23.8 Å². The van der Waals surface area contributed by atoms with Gasteiger partial charge in [-0.2, -0.15) is 0 Å². The molecule has 4 nitrogen and oxygen atoms in total. The van der Waals surface area contributed by atoms with Crippen molar-refractivity contribution in [3.63, 3.8) is 0 Å². The van der Waals surface area contributed by atoms with E-state index in [1.165, 1.54) is 11.3 Å². The van der Waals surface area contributed by atoms with Crippen LogP contribution in [0.25, 0.3) is 0 Å². The number of para-hydroxylation sites is 1. The van der Waals surface area contributed by atoms with Crippen molar-refractivity contribution in [1.82, 2.24) is 10.3 Å². The van der Waals surface area contributed by atoms with E-state index < -0.39 is 0 Å². The van der Waals surface area contributed by atoms with Gasteiger partial charge in [0.25, 0.3) is 5.91 Å². The second-order valence-electron chi connectivity index (χ2n) is 3.56. The maximum absolute atomic E-state index is 11.7. The van der Waals surface area contributed by atoms with Crippen LogP contribution in [0.15, 0.2) is 30.5 Å². The number of benzene rings is 1. The number of rotatable bonds is 4. The van der Waals surface area contributed by atoms with Crippen molar-refractivity contribution in [2.45, 2.75) is 6.54 Å². The molecule has 6 heteroatoms. The molecule has 2 N–H and O–H groups in total. The molecule has 1 aromatic carbocycles. The highest BCUT2D eigenvalue weighted by Gasteiger charge is 2.09. The summed E-state index contributed by atoms with van der Waals surface area (Å²) in [5, 5.41) is 5.82. The SMILES string of the molecule is CNC(=O)c1ccccc1NCc1cnc(Cl)s1. The minimum Gasteiger partial charge on any atom is -0.379 e. The fourth-order valence-corrected chi connectivity index (χ4v) is 2.44. The van der Waals surface area contributed by atoms with E-state index in [1.54, 1.807) is 19.3 Å². The van der Waals surface area contributed by atoms with Gasteiger partial charge in [-0.1, -0.05) is 23.7 Å². The van der Waals surface area contributed by atoms with Gasteiger partial charge in [-0.15, -0.1) is 11.3 Å². The molecule has 0 aliphatic rings. The first-order valence-corrected chi connectivity index (χ1v) is 6.55. The van der Waals surface area contributed by atoms with E-state index in [2.05, 4.69) is 15.6 Å². The van der Waals surface area contributed by atoms with Crippen LogP contribution in [0.1, 0.15) is 15.2 Å². The molecule has 0 bridgehead atoms. The average Bonchev–Trinajstić information content (AvgIpc) is 2.81. The van der Waals surface area contributed by atoms with Crippen molar-refractivity contribution in [3.05, 3.63) is 45.4 Å². The molecule has 18 heavy (non-hydrogen) atoms. The highest BCUT2D eigenvalue weighted by Crippen LogP contribution is 2.20. The van der Waals surface area contributed by atoms with Crippen molar-refractivity contribution in [2.75, 3.05) is 12.4 Å². The Morgan fingerprint density at radius 3 is 2.89 bits per heavy atom. The predicted octanol–water partition coefficient (Wildman–Crippen LogP) is 2.77. The highest BCUT2D eigenvalue weighted by atomic mass is 35.5. The van der Waals surface area contributed by atoms with Crippen LogP contribution in [0, 0.1) is 0 Å². The summed E-state index contributed by atoms with van der Waals surface area (Å²) in [4.78, 5) is 16.7. The maximum Gasteiger partial charge on any atom is 0.253 e. The first-order valence-electron chi connectivity index (χ1n) is 5.36. The lowest BCUT2D eigenvalue weighted by Crippen LogP contribution is -2.19. The topological polar surface area (TPSA) is 54.0 Å². The summed E-state index contributed by atoms with van der Waals surface area (Å²) >= 11 is 7.18. The largest absolute Gasteiger partial charge is 0.379 e. The van der Waals surface area contributed by atoms with Gasteiger partial charge in [0.15, 0.2) is 4.47 Å². The number of nitrogens with one attached hydrogen (secondary N) is 2. The van der Waals surface area contributed by atoms with Gasteiger partial charge in [-0.25, -0.2) is 4.98 Å². The maximum atomic E-state index is 11.7. The Kier molecular flexibility index (Phi) is 4.17. The standard InChI is InChI=1S/C12H12ClN3OS/c1-14-11(17)9-4-2-3-5-10(9)15-6-8-7-16-12(13)18-8/h2-5,7,15H,6H2,1H3,(H,14,17). The van der Waals surface area contributed by atoms with Crippen LogP contribution >= 0.6 is 22.9 Å². The number of amides is 1. The zero-order valence-corrected chi connectivity index (χ0v) is 11.3. The Morgan fingerprint density at radius 2 is 2.22 bits per heavy atom. The normalized spacial score (nSPS) is 10.1. The van der Waals surface area contributed by atoms with Crippen LogP contribution in [-0.2, 0) is 6.54 Å². The molecule has 0 aliphatic heterocycles. The van der Waals surface area contributed by atoms with E-state index in [1.807, 2.05) is 18.2 Å². The van der Waals surface area contributed by atoms with Crippen molar-refractivity contribution in [3.8, 4) is 0 Å². The predicted molar refractivity (Wildman–Crippen MR) is 74.3 cm³/mol. The molecule has 0 saturated carbocycles. The van der Waals surface area contributed by atoms with Gasteiger partial charge < -0.3 is 10.6 Å². The van der Waals surface area contributed by atoms with Gasteiger partial charge in [-0.3, -0.25) is 4.79 Å². The van der Waals surface area contributed by atoms with Crippen molar-refractivity contribution in [1.29, 1.82) is 0 Å². The van der Waals surface area contributed by atoms with Crippen LogP contribution < -0.4 is 10.6 Å². The number of aromatic nitrogens is 1. The molecule has 0 atom stereocenters. The quantitative estimate of drug-likeness (QED) is 0.906. The van der Waals surface area contributed by atoms with Crippen LogP contribution in [0.5, 0.6) is 0 Å². The van der Waals surface area contributed by atoms with Gasteiger partial charge in [-0.05, 0) is 12.1 Å². The molecule has 0 fully saturated rings.